The van der Waals surface area contributed by atoms with Gasteiger partial charge in [0, 0.05) is 6.20 Å². The molecular weight excluding hydrogens is 240 g/mol. The van der Waals surface area contributed by atoms with Crippen LogP contribution >= 0.6 is 0 Å². The van der Waals surface area contributed by atoms with Gasteiger partial charge in [-0.15, -0.1) is 0 Å². The van der Waals surface area contributed by atoms with Crippen LogP contribution in [-0.4, -0.2) is 35.2 Å². The van der Waals surface area contributed by atoms with E-state index in [9.17, 15) is 9.59 Å². The lowest BCUT2D eigenvalue weighted by Gasteiger charge is -2.08. The Bertz CT molecular complexity index is 483. The Morgan fingerprint density at radius 3 is 2.94 bits per heavy atom. The highest BCUT2D eigenvalue weighted by Crippen LogP contribution is 2.07. The molecule has 0 fully saturated rings. The molecular formula is C10H10N4O4. The van der Waals surface area contributed by atoms with Crippen LogP contribution in [0.1, 0.15) is 5.56 Å². The number of nitrogens with zero attached hydrogens (tertiary/aromatic N) is 2. The van der Waals surface area contributed by atoms with Gasteiger partial charge in [-0.3, -0.25) is 15.6 Å². The Morgan fingerprint density at radius 1 is 1.50 bits per heavy atom. The van der Waals surface area contributed by atoms with Crippen molar-refractivity contribution in [2.45, 2.75) is 0 Å². The predicted octanol–water partition coefficient (Wildman–Crippen LogP) is -0.502. The Balaban J connectivity index is 2.38. The van der Waals surface area contributed by atoms with Gasteiger partial charge in [-0.05, 0) is 12.1 Å². The minimum Gasteiger partial charge on any atom is -0.480 e. The molecule has 8 heteroatoms. The van der Waals surface area contributed by atoms with Crippen molar-refractivity contribution < 1.29 is 19.4 Å². The molecule has 3 N–H and O–H groups in total. The molecule has 94 valence electrons. The zero-order valence-electron chi connectivity index (χ0n) is 9.21. The van der Waals surface area contributed by atoms with E-state index < -0.39 is 25.1 Å². The molecule has 1 aromatic heterocycles. The molecule has 0 radical (unpaired) electrons. The molecule has 1 rings (SSSR count). The number of anilines is 1. The van der Waals surface area contributed by atoms with Crippen molar-refractivity contribution in [3.63, 3.8) is 0 Å². The summed E-state index contributed by atoms with van der Waals surface area (Å²) in [6.07, 6.45) is 1.45. The van der Waals surface area contributed by atoms with E-state index in [2.05, 4.69) is 20.6 Å². The van der Waals surface area contributed by atoms with E-state index >= 15 is 0 Å². The molecule has 0 aromatic carbocycles. The summed E-state index contributed by atoms with van der Waals surface area (Å²) in [7, 11) is 0. The molecule has 0 spiro atoms. The lowest BCUT2D eigenvalue weighted by molar-refractivity contribution is -0.143. The van der Waals surface area contributed by atoms with Crippen LogP contribution in [0.4, 0.5) is 5.82 Å². The van der Waals surface area contributed by atoms with Crippen molar-refractivity contribution in [3.05, 3.63) is 23.9 Å². The third-order valence-electron chi connectivity index (χ3n) is 1.71. The van der Waals surface area contributed by atoms with Gasteiger partial charge in [-0.25, -0.2) is 9.78 Å². The van der Waals surface area contributed by atoms with Crippen LogP contribution in [0.5, 0.6) is 0 Å². The maximum absolute atomic E-state index is 11.2. The van der Waals surface area contributed by atoms with Gasteiger partial charge in [0.1, 0.15) is 19.3 Å². The summed E-state index contributed by atoms with van der Waals surface area (Å²) in [5.41, 5.74) is 4.94. The second kappa shape index (κ2) is 6.82. The molecule has 0 saturated heterocycles. The molecule has 1 heterocycles. The van der Waals surface area contributed by atoms with Crippen LogP contribution in [0.25, 0.3) is 0 Å². The topological polar surface area (TPSA) is 124 Å². The van der Waals surface area contributed by atoms with Gasteiger partial charge in [0.05, 0.1) is 5.56 Å². The van der Waals surface area contributed by atoms with Crippen LogP contribution in [-0.2, 0) is 14.3 Å². The quantitative estimate of drug-likeness (QED) is 0.581. The number of carbonyl (C=O) groups excluding carboxylic acids is 1. The average molecular weight is 250 g/mol. The van der Waals surface area contributed by atoms with Gasteiger partial charge >= 0.3 is 5.97 Å². The number of rotatable bonds is 6. The Morgan fingerprint density at radius 2 is 2.28 bits per heavy atom. The molecule has 18 heavy (non-hydrogen) atoms. The molecule has 0 bridgehead atoms. The summed E-state index contributed by atoms with van der Waals surface area (Å²) in [5, 5.41) is 17.0. The van der Waals surface area contributed by atoms with Crippen LogP contribution in [0, 0.1) is 11.3 Å². The standard InChI is InChI=1S/C10H10N4O4/c11-4-7-2-1-3-12-10(7)14-13-8(15)5-18-6-9(16)17/h1-3H,5-6H2,(H,12,14)(H,13,15)(H,16,17). The lowest BCUT2D eigenvalue weighted by Crippen LogP contribution is -2.33. The van der Waals surface area contributed by atoms with E-state index in [-0.39, 0.29) is 11.4 Å². The fraction of sp³-hybridized carbons (Fsp3) is 0.200. The molecule has 1 aromatic rings. The van der Waals surface area contributed by atoms with Crippen molar-refractivity contribution in [3.8, 4) is 6.07 Å². The van der Waals surface area contributed by atoms with Crippen LogP contribution < -0.4 is 10.9 Å². The number of ether oxygens (including phenoxy) is 1. The highest BCUT2D eigenvalue weighted by molar-refractivity contribution is 5.79. The minimum absolute atomic E-state index is 0.201. The van der Waals surface area contributed by atoms with Crippen molar-refractivity contribution in [2.24, 2.45) is 0 Å². The first-order valence-electron chi connectivity index (χ1n) is 4.83. The predicted molar refractivity (Wildman–Crippen MR) is 59.2 cm³/mol. The minimum atomic E-state index is -1.16. The summed E-state index contributed by atoms with van der Waals surface area (Å²) >= 11 is 0. The Hall–Kier alpha value is -2.66. The first-order valence-corrected chi connectivity index (χ1v) is 4.83. The second-order valence-corrected chi connectivity index (χ2v) is 3.07. The number of hydrazine groups is 1. The number of aliphatic carboxylic acids is 1. The van der Waals surface area contributed by atoms with Crippen LogP contribution in [0.2, 0.25) is 0 Å². The number of hydrogen-bond acceptors (Lipinski definition) is 6. The van der Waals surface area contributed by atoms with Crippen molar-refractivity contribution >= 4 is 17.7 Å². The molecule has 8 nitrogen and oxygen atoms in total. The number of pyridine rings is 1. The van der Waals surface area contributed by atoms with Crippen LogP contribution in [0.3, 0.4) is 0 Å². The fourth-order valence-corrected chi connectivity index (χ4v) is 0.991. The van der Waals surface area contributed by atoms with E-state index in [0.29, 0.717) is 0 Å². The van der Waals surface area contributed by atoms with E-state index in [1.54, 1.807) is 6.07 Å². The molecule has 1 amide bonds. The van der Waals surface area contributed by atoms with Gasteiger partial charge in [0.25, 0.3) is 5.91 Å². The summed E-state index contributed by atoms with van der Waals surface area (Å²) in [4.78, 5) is 25.2. The number of aromatic nitrogens is 1. The molecule has 0 aliphatic carbocycles. The maximum atomic E-state index is 11.2. The van der Waals surface area contributed by atoms with Crippen molar-refractivity contribution in [1.82, 2.24) is 10.4 Å². The number of carbonyl (C=O) groups is 2. The highest BCUT2D eigenvalue weighted by Gasteiger charge is 2.05. The monoisotopic (exact) mass is 250 g/mol. The van der Waals surface area contributed by atoms with E-state index in [0.717, 1.165) is 0 Å². The number of carboxylic acids is 1. The molecule has 0 saturated carbocycles. The fourth-order valence-electron chi connectivity index (χ4n) is 0.991. The average Bonchev–Trinajstić information content (AvgIpc) is 2.36. The first kappa shape index (κ1) is 13.4. The van der Waals surface area contributed by atoms with E-state index in [4.69, 9.17) is 10.4 Å². The van der Waals surface area contributed by atoms with E-state index in [1.165, 1.54) is 12.3 Å². The van der Waals surface area contributed by atoms with Gasteiger partial charge in [-0.2, -0.15) is 5.26 Å². The third kappa shape index (κ3) is 4.46. The van der Waals surface area contributed by atoms with Crippen molar-refractivity contribution in [1.29, 1.82) is 5.26 Å². The summed E-state index contributed by atoms with van der Waals surface area (Å²) < 4.78 is 4.56. The zero-order valence-corrected chi connectivity index (χ0v) is 9.21. The first-order chi connectivity index (χ1) is 8.63. The molecule has 0 aliphatic rings. The van der Waals surface area contributed by atoms with Gasteiger partial charge in [0.2, 0.25) is 0 Å². The molecule has 0 unspecified atom stereocenters. The number of nitrogens with one attached hydrogen (secondary N) is 2. The Kier molecular flexibility index (Phi) is 5.08. The SMILES string of the molecule is N#Cc1cccnc1NNC(=O)COCC(=O)O. The molecule has 0 atom stereocenters. The highest BCUT2D eigenvalue weighted by atomic mass is 16.5. The third-order valence-corrected chi connectivity index (χ3v) is 1.71. The van der Waals surface area contributed by atoms with Crippen LogP contribution in [0.15, 0.2) is 18.3 Å². The zero-order chi connectivity index (χ0) is 13.4. The smallest absolute Gasteiger partial charge is 0.329 e. The number of amides is 1. The lowest BCUT2D eigenvalue weighted by atomic mass is 10.3. The number of hydrogen-bond donors (Lipinski definition) is 3. The van der Waals surface area contributed by atoms with E-state index in [1.807, 2.05) is 6.07 Å². The molecule has 0 aliphatic heterocycles. The normalized spacial score (nSPS) is 9.28. The summed E-state index contributed by atoms with van der Waals surface area (Å²) in [5.74, 6) is -1.54. The summed E-state index contributed by atoms with van der Waals surface area (Å²) in [6.45, 7) is -0.964. The second-order valence-electron chi connectivity index (χ2n) is 3.07. The maximum Gasteiger partial charge on any atom is 0.329 e. The number of nitriles is 1. The summed E-state index contributed by atoms with van der Waals surface area (Å²) in [6, 6.07) is 5.01. The Labute approximate surface area is 102 Å². The largest absolute Gasteiger partial charge is 0.480 e. The van der Waals surface area contributed by atoms with Gasteiger partial charge < -0.3 is 9.84 Å². The van der Waals surface area contributed by atoms with Gasteiger partial charge in [-0.1, -0.05) is 0 Å². The van der Waals surface area contributed by atoms with Gasteiger partial charge in [0.15, 0.2) is 5.82 Å². The van der Waals surface area contributed by atoms with Crippen molar-refractivity contribution in [2.75, 3.05) is 18.6 Å². The number of carboxylic acid groups (broad SMARTS) is 1.